The Bertz CT molecular complexity index is 783. The number of carbonyl (C=O) groups is 1. The molecular weight excluding hydrogens is 290 g/mol. The summed E-state index contributed by atoms with van der Waals surface area (Å²) in [6.45, 7) is 3.38. The highest BCUT2D eigenvalue weighted by atomic mass is 32.2. The molecule has 0 fully saturated rings. The molecule has 5 nitrogen and oxygen atoms in total. The number of ether oxygens (including phenoxy) is 1. The van der Waals surface area contributed by atoms with Gasteiger partial charge in [0.15, 0.2) is 5.75 Å². The molecule has 2 N–H and O–H groups in total. The molecule has 2 aromatic carbocycles. The van der Waals surface area contributed by atoms with E-state index in [9.17, 15) is 13.2 Å². The second-order valence-corrected chi connectivity index (χ2v) is 6.02. The SMILES string of the molecule is C=COc1c(C(N)=O)cccc1S(=O)(=O)c1ccccc1. The van der Waals surface area contributed by atoms with E-state index in [0.29, 0.717) is 0 Å². The van der Waals surface area contributed by atoms with Crippen LogP contribution in [0.15, 0.2) is 71.2 Å². The molecule has 0 aliphatic carbocycles. The Hall–Kier alpha value is -2.60. The minimum Gasteiger partial charge on any atom is -0.463 e. The third-order valence-corrected chi connectivity index (χ3v) is 4.58. The fourth-order valence-corrected chi connectivity index (χ4v) is 3.28. The quantitative estimate of drug-likeness (QED) is 0.857. The van der Waals surface area contributed by atoms with Crippen LogP contribution in [0, 0.1) is 0 Å². The van der Waals surface area contributed by atoms with Crippen molar-refractivity contribution in [3.8, 4) is 5.75 Å². The molecule has 1 amide bonds. The average molecular weight is 303 g/mol. The first kappa shape index (κ1) is 14.8. The fourth-order valence-electron chi connectivity index (χ4n) is 1.85. The van der Waals surface area contributed by atoms with Crippen LogP contribution in [0.5, 0.6) is 5.75 Å². The largest absolute Gasteiger partial charge is 0.463 e. The number of sulfone groups is 1. The van der Waals surface area contributed by atoms with Gasteiger partial charge in [0, 0.05) is 0 Å². The first-order valence-corrected chi connectivity index (χ1v) is 7.47. The molecular formula is C15H13NO4S. The van der Waals surface area contributed by atoms with Crippen LogP contribution in [0.4, 0.5) is 0 Å². The van der Waals surface area contributed by atoms with Crippen LogP contribution >= 0.6 is 0 Å². The summed E-state index contributed by atoms with van der Waals surface area (Å²) >= 11 is 0. The second-order valence-electron chi connectivity index (χ2n) is 4.10. The molecule has 0 atom stereocenters. The summed E-state index contributed by atoms with van der Waals surface area (Å²) in [6.07, 6.45) is 1.05. The second kappa shape index (κ2) is 5.80. The maximum atomic E-state index is 12.6. The summed E-state index contributed by atoms with van der Waals surface area (Å²) in [5.41, 5.74) is 5.23. The molecule has 21 heavy (non-hydrogen) atoms. The average Bonchev–Trinajstić information content (AvgIpc) is 2.48. The predicted octanol–water partition coefficient (Wildman–Crippen LogP) is 2.14. The van der Waals surface area contributed by atoms with Crippen molar-refractivity contribution in [1.82, 2.24) is 0 Å². The lowest BCUT2D eigenvalue weighted by atomic mass is 10.2. The number of hydrogen-bond donors (Lipinski definition) is 1. The lowest BCUT2D eigenvalue weighted by Gasteiger charge is -2.12. The van der Waals surface area contributed by atoms with Gasteiger partial charge in [-0.3, -0.25) is 4.79 Å². The number of rotatable bonds is 5. The van der Waals surface area contributed by atoms with E-state index < -0.39 is 15.7 Å². The number of para-hydroxylation sites is 1. The molecule has 0 aliphatic heterocycles. The number of carbonyl (C=O) groups excluding carboxylic acids is 1. The van der Waals surface area contributed by atoms with Crippen LogP contribution in [0.2, 0.25) is 0 Å². The van der Waals surface area contributed by atoms with Crippen molar-refractivity contribution in [3.63, 3.8) is 0 Å². The number of hydrogen-bond acceptors (Lipinski definition) is 4. The predicted molar refractivity (Wildman–Crippen MR) is 77.7 cm³/mol. The van der Waals surface area contributed by atoms with Gasteiger partial charge in [0.25, 0.3) is 5.91 Å². The summed E-state index contributed by atoms with van der Waals surface area (Å²) in [7, 11) is -3.83. The van der Waals surface area contributed by atoms with Crippen LogP contribution in [-0.2, 0) is 9.84 Å². The van der Waals surface area contributed by atoms with Crippen LogP contribution in [0.1, 0.15) is 10.4 Å². The van der Waals surface area contributed by atoms with Gasteiger partial charge in [-0.05, 0) is 24.3 Å². The van der Waals surface area contributed by atoms with E-state index in [1.807, 2.05) is 0 Å². The highest BCUT2D eigenvalue weighted by Crippen LogP contribution is 2.32. The van der Waals surface area contributed by atoms with E-state index in [2.05, 4.69) is 6.58 Å². The molecule has 108 valence electrons. The highest BCUT2D eigenvalue weighted by Gasteiger charge is 2.25. The molecule has 0 heterocycles. The van der Waals surface area contributed by atoms with Gasteiger partial charge in [-0.15, -0.1) is 0 Å². The van der Waals surface area contributed by atoms with Crippen molar-refractivity contribution in [2.75, 3.05) is 0 Å². The third-order valence-electron chi connectivity index (χ3n) is 2.79. The van der Waals surface area contributed by atoms with E-state index >= 15 is 0 Å². The molecule has 0 radical (unpaired) electrons. The monoisotopic (exact) mass is 303 g/mol. The van der Waals surface area contributed by atoms with Crippen molar-refractivity contribution in [2.45, 2.75) is 9.79 Å². The van der Waals surface area contributed by atoms with Gasteiger partial charge in [0.1, 0.15) is 4.90 Å². The number of primary amides is 1. The van der Waals surface area contributed by atoms with Crippen molar-refractivity contribution in [1.29, 1.82) is 0 Å². The lowest BCUT2D eigenvalue weighted by Crippen LogP contribution is -2.14. The minimum atomic E-state index is -3.83. The van der Waals surface area contributed by atoms with Crippen LogP contribution in [-0.4, -0.2) is 14.3 Å². The standard InChI is InChI=1S/C15H13NO4S/c1-2-20-14-12(15(16)17)9-6-10-13(14)21(18,19)11-7-4-3-5-8-11/h2-10H,1H2,(H2,16,17). The summed E-state index contributed by atoms with van der Waals surface area (Å²) in [5.74, 6) is -0.902. The fraction of sp³-hybridized carbons (Fsp3) is 0. The molecule has 0 aromatic heterocycles. The summed E-state index contributed by atoms with van der Waals surface area (Å²) in [4.78, 5) is 11.4. The Morgan fingerprint density at radius 1 is 1.10 bits per heavy atom. The number of amides is 1. The minimum absolute atomic E-state index is 0.0214. The molecule has 0 bridgehead atoms. The summed E-state index contributed by atoms with van der Waals surface area (Å²) in [6, 6.07) is 12.0. The molecule has 0 aliphatic rings. The van der Waals surface area contributed by atoms with E-state index in [0.717, 1.165) is 6.26 Å². The third kappa shape index (κ3) is 2.80. The smallest absolute Gasteiger partial charge is 0.252 e. The Balaban J connectivity index is 2.72. The molecule has 0 saturated carbocycles. The van der Waals surface area contributed by atoms with Crippen molar-refractivity contribution >= 4 is 15.7 Å². The zero-order valence-corrected chi connectivity index (χ0v) is 11.8. The summed E-state index contributed by atoms with van der Waals surface area (Å²) in [5, 5.41) is 0. The summed E-state index contributed by atoms with van der Waals surface area (Å²) < 4.78 is 30.4. The van der Waals surface area contributed by atoms with Crippen molar-refractivity contribution in [3.05, 3.63) is 66.9 Å². The first-order valence-electron chi connectivity index (χ1n) is 5.99. The van der Waals surface area contributed by atoms with E-state index in [1.165, 1.54) is 30.3 Å². The maximum absolute atomic E-state index is 12.6. The molecule has 2 aromatic rings. The zero-order chi connectivity index (χ0) is 15.5. The molecule has 0 spiro atoms. The van der Waals surface area contributed by atoms with E-state index in [4.69, 9.17) is 10.5 Å². The number of nitrogens with two attached hydrogens (primary N) is 1. The van der Waals surface area contributed by atoms with Gasteiger partial charge < -0.3 is 10.5 Å². The first-order chi connectivity index (χ1) is 9.98. The molecule has 2 rings (SSSR count). The topological polar surface area (TPSA) is 86.5 Å². The van der Waals surface area contributed by atoms with Gasteiger partial charge in [-0.1, -0.05) is 30.8 Å². The van der Waals surface area contributed by atoms with Crippen LogP contribution in [0.3, 0.4) is 0 Å². The Labute approximate surface area is 122 Å². The number of benzene rings is 2. The molecule has 6 heteroatoms. The van der Waals surface area contributed by atoms with E-state index in [1.54, 1.807) is 18.2 Å². The van der Waals surface area contributed by atoms with Crippen LogP contribution < -0.4 is 10.5 Å². The normalized spacial score (nSPS) is 10.9. The van der Waals surface area contributed by atoms with Gasteiger partial charge in [0.2, 0.25) is 9.84 Å². The van der Waals surface area contributed by atoms with Crippen molar-refractivity contribution in [2.24, 2.45) is 5.73 Å². The maximum Gasteiger partial charge on any atom is 0.252 e. The van der Waals surface area contributed by atoms with Crippen LogP contribution in [0.25, 0.3) is 0 Å². The Kier molecular flexibility index (Phi) is 4.09. The lowest BCUT2D eigenvalue weighted by molar-refractivity contribution is 0.0997. The van der Waals surface area contributed by atoms with Gasteiger partial charge in [0.05, 0.1) is 16.7 Å². The van der Waals surface area contributed by atoms with Crippen molar-refractivity contribution < 1.29 is 17.9 Å². The molecule has 0 unspecified atom stereocenters. The molecule has 0 saturated heterocycles. The zero-order valence-electron chi connectivity index (χ0n) is 11.0. The van der Waals surface area contributed by atoms with Gasteiger partial charge in [-0.2, -0.15) is 0 Å². The highest BCUT2D eigenvalue weighted by molar-refractivity contribution is 7.91. The Morgan fingerprint density at radius 2 is 1.76 bits per heavy atom. The Morgan fingerprint density at radius 3 is 2.33 bits per heavy atom. The van der Waals surface area contributed by atoms with Gasteiger partial charge in [-0.25, -0.2) is 8.42 Å². The van der Waals surface area contributed by atoms with Gasteiger partial charge >= 0.3 is 0 Å². The van der Waals surface area contributed by atoms with E-state index in [-0.39, 0.29) is 21.1 Å².